The summed E-state index contributed by atoms with van der Waals surface area (Å²) in [5.41, 5.74) is 1.19. The standard InChI is InChI=1S/C15H18BrNO2S/c1-4-17-15(14-8-11(19-3)9-20-14)12-6-5-10(18-2)7-13(12)16/h5-9,15,17H,4H2,1-3H3. The number of nitrogens with one attached hydrogen (secondary N) is 1. The van der Waals surface area contributed by atoms with Crippen molar-refractivity contribution in [2.24, 2.45) is 0 Å². The normalized spacial score (nSPS) is 12.2. The van der Waals surface area contributed by atoms with Crippen LogP contribution in [-0.2, 0) is 0 Å². The van der Waals surface area contributed by atoms with Gasteiger partial charge >= 0.3 is 0 Å². The van der Waals surface area contributed by atoms with E-state index < -0.39 is 0 Å². The molecule has 5 heteroatoms. The molecule has 0 amide bonds. The van der Waals surface area contributed by atoms with Crippen molar-refractivity contribution in [3.8, 4) is 11.5 Å². The molecule has 2 rings (SSSR count). The third-order valence-electron chi connectivity index (χ3n) is 3.04. The molecule has 1 unspecified atom stereocenters. The average Bonchev–Trinajstić information content (AvgIpc) is 2.94. The maximum atomic E-state index is 5.28. The minimum atomic E-state index is 0.147. The first-order valence-corrected chi connectivity index (χ1v) is 8.06. The maximum Gasteiger partial charge on any atom is 0.129 e. The Kier molecular flexibility index (Phi) is 5.46. The molecule has 1 atom stereocenters. The summed E-state index contributed by atoms with van der Waals surface area (Å²) in [6.45, 7) is 3.00. The first-order chi connectivity index (χ1) is 9.69. The highest BCUT2D eigenvalue weighted by Gasteiger charge is 2.18. The summed E-state index contributed by atoms with van der Waals surface area (Å²) in [5.74, 6) is 1.75. The molecule has 0 aliphatic heterocycles. The van der Waals surface area contributed by atoms with Gasteiger partial charge in [-0.3, -0.25) is 0 Å². The molecule has 2 aromatic rings. The highest BCUT2D eigenvalue weighted by molar-refractivity contribution is 9.10. The summed E-state index contributed by atoms with van der Waals surface area (Å²) >= 11 is 5.33. The molecular weight excluding hydrogens is 338 g/mol. The van der Waals surface area contributed by atoms with Gasteiger partial charge in [0.1, 0.15) is 11.5 Å². The fourth-order valence-electron chi connectivity index (χ4n) is 2.03. The summed E-state index contributed by atoms with van der Waals surface area (Å²) in [5, 5.41) is 5.54. The maximum absolute atomic E-state index is 5.28. The Labute approximate surface area is 132 Å². The lowest BCUT2D eigenvalue weighted by Crippen LogP contribution is -2.21. The van der Waals surface area contributed by atoms with Gasteiger partial charge in [-0.25, -0.2) is 0 Å². The molecule has 0 bridgehead atoms. The topological polar surface area (TPSA) is 30.5 Å². The smallest absolute Gasteiger partial charge is 0.129 e. The van der Waals surface area contributed by atoms with Crippen LogP contribution in [0.15, 0.2) is 34.1 Å². The molecule has 1 aromatic carbocycles. The zero-order valence-electron chi connectivity index (χ0n) is 11.8. The quantitative estimate of drug-likeness (QED) is 0.840. The zero-order valence-corrected chi connectivity index (χ0v) is 14.2. The van der Waals surface area contributed by atoms with Crippen molar-refractivity contribution in [3.63, 3.8) is 0 Å². The molecule has 1 N–H and O–H groups in total. The van der Waals surface area contributed by atoms with Crippen molar-refractivity contribution in [2.45, 2.75) is 13.0 Å². The van der Waals surface area contributed by atoms with E-state index in [2.05, 4.69) is 40.3 Å². The Hall–Kier alpha value is -1.04. The lowest BCUT2D eigenvalue weighted by molar-refractivity contribution is 0.414. The highest BCUT2D eigenvalue weighted by Crippen LogP contribution is 2.35. The third kappa shape index (κ3) is 3.34. The Morgan fingerprint density at radius 3 is 2.50 bits per heavy atom. The van der Waals surface area contributed by atoms with E-state index in [1.807, 2.05) is 17.5 Å². The molecular formula is C15H18BrNO2S. The number of methoxy groups -OCH3 is 2. The van der Waals surface area contributed by atoms with Crippen molar-refractivity contribution in [2.75, 3.05) is 20.8 Å². The van der Waals surface area contributed by atoms with Gasteiger partial charge in [0, 0.05) is 14.7 Å². The van der Waals surface area contributed by atoms with Gasteiger partial charge < -0.3 is 14.8 Å². The van der Waals surface area contributed by atoms with E-state index in [1.54, 1.807) is 25.6 Å². The average molecular weight is 356 g/mol. The second-order valence-corrected chi connectivity index (χ2v) is 6.06. The number of benzene rings is 1. The van der Waals surface area contributed by atoms with Gasteiger partial charge in [-0.1, -0.05) is 28.9 Å². The molecule has 0 aliphatic rings. The molecule has 0 saturated carbocycles. The number of rotatable bonds is 6. The minimum Gasteiger partial charge on any atom is -0.497 e. The van der Waals surface area contributed by atoms with E-state index >= 15 is 0 Å². The first-order valence-electron chi connectivity index (χ1n) is 6.38. The molecule has 0 spiro atoms. The Balaban J connectivity index is 2.37. The molecule has 0 fully saturated rings. The number of halogens is 1. The number of hydrogen-bond acceptors (Lipinski definition) is 4. The van der Waals surface area contributed by atoms with Crippen LogP contribution in [0.1, 0.15) is 23.4 Å². The first kappa shape index (κ1) is 15.4. The van der Waals surface area contributed by atoms with Crippen LogP contribution in [0.4, 0.5) is 0 Å². The van der Waals surface area contributed by atoms with Crippen molar-refractivity contribution in [1.82, 2.24) is 5.32 Å². The minimum absolute atomic E-state index is 0.147. The molecule has 1 aromatic heterocycles. The van der Waals surface area contributed by atoms with Crippen LogP contribution >= 0.6 is 27.3 Å². The van der Waals surface area contributed by atoms with Gasteiger partial charge in [0.25, 0.3) is 0 Å². The molecule has 0 saturated heterocycles. The van der Waals surface area contributed by atoms with Crippen molar-refractivity contribution >= 4 is 27.3 Å². The van der Waals surface area contributed by atoms with Crippen LogP contribution in [0.5, 0.6) is 11.5 Å². The van der Waals surface area contributed by atoms with Crippen LogP contribution in [0.2, 0.25) is 0 Å². The van der Waals surface area contributed by atoms with Gasteiger partial charge in [-0.2, -0.15) is 0 Å². The lowest BCUT2D eigenvalue weighted by atomic mass is 10.1. The van der Waals surface area contributed by atoms with Gasteiger partial charge in [0.15, 0.2) is 0 Å². The van der Waals surface area contributed by atoms with Gasteiger partial charge in [0.05, 0.1) is 20.3 Å². The Morgan fingerprint density at radius 2 is 1.95 bits per heavy atom. The van der Waals surface area contributed by atoms with Crippen molar-refractivity contribution < 1.29 is 9.47 Å². The SMILES string of the molecule is CCNC(c1cc(OC)cs1)c1ccc(OC)cc1Br. The highest BCUT2D eigenvalue weighted by atomic mass is 79.9. The van der Waals surface area contributed by atoms with E-state index in [0.717, 1.165) is 22.5 Å². The van der Waals surface area contributed by atoms with E-state index in [-0.39, 0.29) is 6.04 Å². The third-order valence-corrected chi connectivity index (χ3v) is 4.71. The number of ether oxygens (including phenoxy) is 2. The second-order valence-electron chi connectivity index (χ2n) is 4.27. The van der Waals surface area contributed by atoms with Crippen LogP contribution in [0.25, 0.3) is 0 Å². The largest absolute Gasteiger partial charge is 0.497 e. The predicted octanol–water partition coefficient (Wildman–Crippen LogP) is 4.23. The van der Waals surface area contributed by atoms with Gasteiger partial charge in [-0.15, -0.1) is 11.3 Å². The number of thiophene rings is 1. The molecule has 0 radical (unpaired) electrons. The summed E-state index contributed by atoms with van der Waals surface area (Å²) in [7, 11) is 3.37. The van der Waals surface area contributed by atoms with Crippen LogP contribution in [-0.4, -0.2) is 20.8 Å². The second kappa shape index (κ2) is 7.11. The van der Waals surface area contributed by atoms with E-state index in [0.29, 0.717) is 0 Å². The van der Waals surface area contributed by atoms with Crippen LogP contribution in [0, 0.1) is 0 Å². The summed E-state index contributed by atoms with van der Waals surface area (Å²) in [6, 6.07) is 8.28. The lowest BCUT2D eigenvalue weighted by Gasteiger charge is -2.19. The summed E-state index contributed by atoms with van der Waals surface area (Å²) in [6.07, 6.45) is 0. The van der Waals surface area contributed by atoms with E-state index in [1.165, 1.54) is 10.4 Å². The zero-order chi connectivity index (χ0) is 14.5. The van der Waals surface area contributed by atoms with Crippen LogP contribution in [0.3, 0.4) is 0 Å². The van der Waals surface area contributed by atoms with Crippen molar-refractivity contribution in [1.29, 1.82) is 0 Å². The molecule has 108 valence electrons. The van der Waals surface area contributed by atoms with Gasteiger partial charge in [0.2, 0.25) is 0 Å². The van der Waals surface area contributed by atoms with Crippen molar-refractivity contribution in [3.05, 3.63) is 44.6 Å². The summed E-state index contributed by atoms with van der Waals surface area (Å²) in [4.78, 5) is 1.23. The van der Waals surface area contributed by atoms with E-state index in [9.17, 15) is 0 Å². The molecule has 0 aliphatic carbocycles. The molecule has 3 nitrogen and oxygen atoms in total. The number of hydrogen-bond donors (Lipinski definition) is 1. The monoisotopic (exact) mass is 355 g/mol. The van der Waals surface area contributed by atoms with E-state index in [4.69, 9.17) is 9.47 Å². The van der Waals surface area contributed by atoms with Gasteiger partial charge in [-0.05, 0) is 30.3 Å². The Bertz CT molecular complexity index is 571. The fraction of sp³-hybridized carbons (Fsp3) is 0.333. The van der Waals surface area contributed by atoms with Crippen LogP contribution < -0.4 is 14.8 Å². The fourth-order valence-corrected chi connectivity index (χ4v) is 3.56. The molecule has 20 heavy (non-hydrogen) atoms. The molecule has 1 heterocycles. The Morgan fingerprint density at radius 1 is 1.20 bits per heavy atom. The predicted molar refractivity (Wildman–Crippen MR) is 87.1 cm³/mol. The summed E-state index contributed by atoms with van der Waals surface area (Å²) < 4.78 is 11.6.